The van der Waals surface area contributed by atoms with Gasteiger partial charge < -0.3 is 0 Å². The van der Waals surface area contributed by atoms with E-state index < -0.39 is 33.9 Å². The Morgan fingerprint density at radius 2 is 1.85 bits per heavy atom. The Hall–Kier alpha value is -2.68. The molecule has 0 fully saturated rings. The molecule has 0 N–H and O–H groups in total. The molecule has 2 aromatic carbocycles. The third kappa shape index (κ3) is 5.69. The zero-order valence-corrected chi connectivity index (χ0v) is 15.3. The fraction of sp³-hybridized carbons (Fsp3) is 0.190. The molecule has 2 rings (SSSR count). The summed E-state index contributed by atoms with van der Waals surface area (Å²) in [7, 11) is -3.94. The normalized spacial score (nSPS) is 14.0. The second-order valence-corrected chi connectivity index (χ2v) is 7.35. The van der Waals surface area contributed by atoms with Gasteiger partial charge in [-0.2, -0.15) is 4.31 Å². The van der Waals surface area contributed by atoms with Crippen molar-refractivity contribution in [3.63, 3.8) is 0 Å². The van der Waals surface area contributed by atoms with Gasteiger partial charge in [0.2, 0.25) is 15.8 Å². The Balaban J connectivity index is 2.40. The summed E-state index contributed by atoms with van der Waals surface area (Å²) in [6.07, 6.45) is 2.67. The van der Waals surface area contributed by atoms with Crippen LogP contribution in [0.15, 0.2) is 65.4 Å². The molecule has 0 amide bonds. The van der Waals surface area contributed by atoms with Crippen LogP contribution in [0.25, 0.3) is 6.08 Å². The van der Waals surface area contributed by atoms with Crippen LogP contribution in [0.4, 0.5) is 0 Å². The van der Waals surface area contributed by atoms with E-state index in [-0.39, 0.29) is 35.6 Å². The van der Waals surface area contributed by atoms with Crippen LogP contribution >= 0.6 is 0 Å². The SMILES string of the molecule is [2H]c1c([2H])c([2H])c(/C=C/CN(CC#CC(C)=O)S(=O)(=O)c2ccc(C)cc2)c([2H])c1[2H]. The van der Waals surface area contributed by atoms with Gasteiger partial charge in [0.15, 0.2) is 0 Å². The predicted molar refractivity (Wildman–Crippen MR) is 104 cm³/mol. The molecule has 134 valence electrons. The van der Waals surface area contributed by atoms with E-state index in [1.54, 1.807) is 12.1 Å². The highest BCUT2D eigenvalue weighted by atomic mass is 32.2. The fourth-order valence-corrected chi connectivity index (χ4v) is 3.29. The number of sulfonamides is 1. The van der Waals surface area contributed by atoms with Gasteiger partial charge >= 0.3 is 0 Å². The van der Waals surface area contributed by atoms with Crippen LogP contribution in [0.3, 0.4) is 0 Å². The summed E-state index contributed by atoms with van der Waals surface area (Å²) in [4.78, 5) is 11.2. The van der Waals surface area contributed by atoms with Gasteiger partial charge in [-0.05, 0) is 30.5 Å². The first-order valence-electron chi connectivity index (χ1n) is 10.3. The zero-order chi connectivity index (χ0) is 23.3. The Bertz CT molecular complexity index is 1170. The van der Waals surface area contributed by atoms with E-state index in [0.717, 1.165) is 9.87 Å². The summed E-state index contributed by atoms with van der Waals surface area (Å²) in [5.74, 6) is 4.43. The molecule has 0 heterocycles. The molecule has 0 aliphatic rings. The van der Waals surface area contributed by atoms with Gasteiger partial charge in [0.05, 0.1) is 18.3 Å². The van der Waals surface area contributed by atoms with E-state index in [0.29, 0.717) is 0 Å². The maximum Gasteiger partial charge on any atom is 0.244 e. The highest BCUT2D eigenvalue weighted by Gasteiger charge is 2.22. The minimum absolute atomic E-state index is 0.0477. The lowest BCUT2D eigenvalue weighted by molar-refractivity contribution is -0.111. The van der Waals surface area contributed by atoms with Crippen molar-refractivity contribution in [1.29, 1.82) is 0 Å². The number of hydrogen-bond donors (Lipinski definition) is 0. The average Bonchev–Trinajstić information content (AvgIpc) is 2.72. The predicted octanol–water partition coefficient (Wildman–Crippen LogP) is 3.29. The smallest absolute Gasteiger partial charge is 0.244 e. The molecule has 0 atom stereocenters. The molecule has 0 saturated carbocycles. The van der Waals surface area contributed by atoms with Gasteiger partial charge in [-0.3, -0.25) is 4.79 Å². The van der Waals surface area contributed by atoms with E-state index in [2.05, 4.69) is 11.8 Å². The van der Waals surface area contributed by atoms with E-state index in [4.69, 9.17) is 6.85 Å². The number of Topliss-reactive ketones (excluding diaryl/α,β-unsaturated/α-hetero) is 1. The zero-order valence-electron chi connectivity index (χ0n) is 19.5. The maximum absolute atomic E-state index is 13.0. The summed E-state index contributed by atoms with van der Waals surface area (Å²) in [6, 6.07) is 4.04. The Labute approximate surface area is 162 Å². The van der Waals surface area contributed by atoms with Crippen LogP contribution in [-0.4, -0.2) is 31.6 Å². The summed E-state index contributed by atoms with van der Waals surface area (Å²) >= 11 is 0. The molecule has 0 saturated heterocycles. The first kappa shape index (κ1) is 13.5. The van der Waals surface area contributed by atoms with Crippen molar-refractivity contribution in [2.75, 3.05) is 13.1 Å². The lowest BCUT2D eigenvalue weighted by Crippen LogP contribution is -2.31. The molecular weight excluding hydrogens is 346 g/mol. The minimum atomic E-state index is -3.94. The Morgan fingerprint density at radius 1 is 1.19 bits per heavy atom. The van der Waals surface area contributed by atoms with Crippen molar-refractivity contribution >= 4 is 21.9 Å². The van der Waals surface area contributed by atoms with Crippen molar-refractivity contribution in [1.82, 2.24) is 4.31 Å². The van der Waals surface area contributed by atoms with Crippen LogP contribution < -0.4 is 0 Å². The van der Waals surface area contributed by atoms with E-state index >= 15 is 0 Å². The van der Waals surface area contributed by atoms with Crippen LogP contribution in [-0.2, 0) is 14.8 Å². The number of carbonyl (C=O) groups is 1. The highest BCUT2D eigenvalue weighted by Crippen LogP contribution is 2.16. The summed E-state index contributed by atoms with van der Waals surface area (Å²) in [6.45, 7) is 2.67. The van der Waals surface area contributed by atoms with Crippen molar-refractivity contribution in [2.45, 2.75) is 18.7 Å². The monoisotopic (exact) mass is 372 g/mol. The first-order valence-corrected chi connectivity index (χ1v) is 9.20. The van der Waals surface area contributed by atoms with Gasteiger partial charge in [0.25, 0.3) is 0 Å². The lowest BCUT2D eigenvalue weighted by atomic mass is 10.2. The summed E-state index contributed by atoms with van der Waals surface area (Å²) in [5, 5.41) is 0. The largest absolute Gasteiger partial charge is 0.285 e. The molecular formula is C21H21NO3S. The van der Waals surface area contributed by atoms with Crippen LogP contribution in [0.2, 0.25) is 0 Å². The standard InChI is InChI=1S/C21H21NO3S/c1-18-12-14-21(15-13-18)26(24,25)22(16-6-8-19(2)23)17-7-11-20-9-4-3-5-10-20/h3-5,7,9-15H,16-17H2,1-2H3/b11-7+/i3D,4D,5D,9D,10D. The number of hydrogen-bond acceptors (Lipinski definition) is 3. The van der Waals surface area contributed by atoms with Gasteiger partial charge in [-0.25, -0.2) is 8.42 Å². The number of nitrogens with zero attached hydrogens (tertiary/aromatic N) is 1. The lowest BCUT2D eigenvalue weighted by Gasteiger charge is -2.18. The number of benzene rings is 2. The molecule has 0 aromatic heterocycles. The topological polar surface area (TPSA) is 54.5 Å². The van der Waals surface area contributed by atoms with Crippen molar-refractivity contribution in [3.05, 3.63) is 71.7 Å². The molecule has 26 heavy (non-hydrogen) atoms. The summed E-state index contributed by atoms with van der Waals surface area (Å²) < 4.78 is 66.0. The highest BCUT2D eigenvalue weighted by molar-refractivity contribution is 7.89. The fourth-order valence-electron chi connectivity index (χ4n) is 1.99. The quantitative estimate of drug-likeness (QED) is 0.577. The molecule has 0 aliphatic carbocycles. The van der Waals surface area contributed by atoms with E-state index in [1.165, 1.54) is 31.2 Å². The van der Waals surface area contributed by atoms with Crippen LogP contribution in [0, 0.1) is 18.8 Å². The van der Waals surface area contributed by atoms with Crippen LogP contribution in [0.1, 0.15) is 24.9 Å². The van der Waals surface area contributed by atoms with Crippen molar-refractivity contribution in [3.8, 4) is 11.8 Å². The molecule has 5 heteroatoms. The number of carbonyl (C=O) groups excluding carboxylic acids is 1. The molecule has 0 aliphatic heterocycles. The third-order valence-corrected chi connectivity index (χ3v) is 5.12. The van der Waals surface area contributed by atoms with E-state index in [1.807, 2.05) is 6.92 Å². The molecule has 0 bridgehead atoms. The maximum atomic E-state index is 13.0. The second kappa shape index (κ2) is 9.14. The average molecular weight is 373 g/mol. The Morgan fingerprint density at radius 3 is 2.46 bits per heavy atom. The summed E-state index contributed by atoms with van der Waals surface area (Å²) in [5.41, 5.74) is 0.844. The van der Waals surface area contributed by atoms with Gasteiger partial charge in [-0.1, -0.05) is 66.0 Å². The van der Waals surface area contributed by atoms with Gasteiger partial charge in [0, 0.05) is 13.5 Å². The molecule has 0 unspecified atom stereocenters. The molecule has 0 radical (unpaired) electrons. The third-order valence-electron chi connectivity index (χ3n) is 3.29. The number of ketones is 1. The Kier molecular flexibility index (Phi) is 4.75. The first-order chi connectivity index (χ1) is 14.5. The molecule has 0 spiro atoms. The van der Waals surface area contributed by atoms with Gasteiger partial charge in [-0.15, -0.1) is 0 Å². The second-order valence-electron chi connectivity index (χ2n) is 5.41. The molecule has 2 aromatic rings. The minimum Gasteiger partial charge on any atom is -0.285 e. The molecule has 4 nitrogen and oxygen atoms in total. The van der Waals surface area contributed by atoms with Gasteiger partial charge in [0.1, 0.15) is 0 Å². The van der Waals surface area contributed by atoms with Crippen molar-refractivity contribution < 1.29 is 20.1 Å². The number of rotatable bonds is 6. The number of aryl methyl sites for hydroxylation is 1. The van der Waals surface area contributed by atoms with Crippen LogP contribution in [0.5, 0.6) is 0 Å². The van der Waals surface area contributed by atoms with E-state index in [9.17, 15) is 13.2 Å². The van der Waals surface area contributed by atoms with Crippen molar-refractivity contribution in [2.24, 2.45) is 0 Å².